The van der Waals surface area contributed by atoms with Gasteiger partial charge in [-0.2, -0.15) is 0 Å². The molecule has 126 valence electrons. The van der Waals surface area contributed by atoms with Crippen LogP contribution in [0.1, 0.15) is 50.1 Å². The summed E-state index contributed by atoms with van der Waals surface area (Å²) in [7, 11) is 0. The summed E-state index contributed by atoms with van der Waals surface area (Å²) >= 11 is 0. The van der Waals surface area contributed by atoms with E-state index in [2.05, 4.69) is 33.9 Å². The average Bonchev–Trinajstić information content (AvgIpc) is 2.81. The number of pyridine rings is 1. The Balaban J connectivity index is 1.68. The maximum atomic E-state index is 13.3. The van der Waals surface area contributed by atoms with Crippen LogP contribution in [-0.2, 0) is 6.42 Å². The Morgan fingerprint density at radius 2 is 2.08 bits per heavy atom. The molecule has 0 N–H and O–H groups in total. The van der Waals surface area contributed by atoms with Crippen LogP contribution in [0.5, 0.6) is 0 Å². The summed E-state index contributed by atoms with van der Waals surface area (Å²) in [5.41, 5.74) is 3.13. The molecule has 4 aliphatic rings. The molecule has 0 radical (unpaired) electrons. The number of hydrogen-bond donors (Lipinski definition) is 0. The lowest BCUT2D eigenvalue weighted by molar-refractivity contribution is 0.0846. The highest BCUT2D eigenvalue weighted by Gasteiger charge is 2.31. The quantitative estimate of drug-likeness (QED) is 0.787. The summed E-state index contributed by atoms with van der Waals surface area (Å²) in [5, 5.41) is 2.26. The van der Waals surface area contributed by atoms with Gasteiger partial charge in [-0.15, -0.1) is 0 Å². The van der Waals surface area contributed by atoms with E-state index in [1.807, 2.05) is 0 Å². The monoisotopic (exact) mass is 322 g/mol. The van der Waals surface area contributed by atoms with Crippen molar-refractivity contribution < 1.29 is 0 Å². The number of piperidine rings is 2. The Labute approximate surface area is 143 Å². The smallest absolute Gasteiger partial charge is 0.258 e. The first-order chi connectivity index (χ1) is 11.8. The molecule has 5 rings (SSSR count). The van der Waals surface area contributed by atoms with E-state index in [4.69, 9.17) is 0 Å². The van der Waals surface area contributed by atoms with Crippen molar-refractivity contribution in [2.45, 2.75) is 51.0 Å². The van der Waals surface area contributed by atoms with Gasteiger partial charge in [-0.25, -0.2) is 0 Å². The fourth-order valence-electron chi connectivity index (χ4n) is 5.41. The van der Waals surface area contributed by atoms with E-state index in [-0.39, 0.29) is 5.56 Å². The first-order valence-electron chi connectivity index (χ1n) is 9.65. The summed E-state index contributed by atoms with van der Waals surface area (Å²) in [5.74, 6) is 0.783. The molecule has 3 nitrogen and oxygen atoms in total. The van der Waals surface area contributed by atoms with Gasteiger partial charge < -0.3 is 9.47 Å². The SMILES string of the molecule is O=c1c2c3c(cn1C1CC4CCCN(C4)C1)CCCC=3CC=CC=2. The number of aromatic nitrogens is 1. The lowest BCUT2D eigenvalue weighted by Gasteiger charge is -2.42. The fraction of sp³-hybridized carbons (Fsp3) is 0.571. The van der Waals surface area contributed by atoms with E-state index in [9.17, 15) is 4.79 Å². The minimum absolute atomic E-state index is 0.242. The third-order valence-corrected chi connectivity index (χ3v) is 6.46. The van der Waals surface area contributed by atoms with Crippen LogP contribution in [0.15, 0.2) is 23.1 Å². The number of allylic oxidation sites excluding steroid dienone is 2. The molecule has 1 aromatic rings. The first kappa shape index (κ1) is 14.7. The number of nitrogens with zero attached hydrogens (tertiary/aromatic N) is 2. The second-order valence-electron chi connectivity index (χ2n) is 8.07. The third-order valence-electron chi connectivity index (χ3n) is 6.46. The van der Waals surface area contributed by atoms with Gasteiger partial charge in [0.25, 0.3) is 5.56 Å². The average molecular weight is 322 g/mol. The van der Waals surface area contributed by atoms with Crippen molar-refractivity contribution in [3.63, 3.8) is 0 Å². The first-order valence-corrected chi connectivity index (χ1v) is 9.65. The van der Waals surface area contributed by atoms with E-state index in [1.165, 1.54) is 55.1 Å². The highest BCUT2D eigenvalue weighted by Crippen LogP contribution is 2.31. The zero-order valence-electron chi connectivity index (χ0n) is 14.3. The summed E-state index contributed by atoms with van der Waals surface area (Å²) < 4.78 is 2.11. The van der Waals surface area contributed by atoms with Crippen molar-refractivity contribution in [3.05, 3.63) is 44.7 Å². The second kappa shape index (κ2) is 5.73. The number of hydrogen-bond acceptors (Lipinski definition) is 2. The van der Waals surface area contributed by atoms with Gasteiger partial charge in [-0.3, -0.25) is 4.79 Å². The van der Waals surface area contributed by atoms with Crippen molar-refractivity contribution in [1.29, 1.82) is 0 Å². The predicted octanol–water partition coefficient (Wildman–Crippen LogP) is 1.73. The topological polar surface area (TPSA) is 25.2 Å². The molecular formula is C21H26N2O. The van der Waals surface area contributed by atoms with Crippen LogP contribution in [0.25, 0.3) is 11.6 Å². The minimum Gasteiger partial charge on any atom is -0.310 e. The Bertz CT molecular complexity index is 864. The zero-order valence-corrected chi connectivity index (χ0v) is 14.3. The molecule has 0 spiro atoms. The number of aryl methyl sites for hydroxylation is 1. The molecule has 3 atom stereocenters. The van der Waals surface area contributed by atoms with Crippen LogP contribution < -0.4 is 16.0 Å². The van der Waals surface area contributed by atoms with Crippen LogP contribution in [0.3, 0.4) is 0 Å². The van der Waals surface area contributed by atoms with E-state index in [0.717, 1.165) is 36.9 Å². The third kappa shape index (κ3) is 2.33. The Hall–Kier alpha value is -1.61. The van der Waals surface area contributed by atoms with Crippen molar-refractivity contribution in [2.75, 3.05) is 19.6 Å². The molecule has 2 saturated heterocycles. The standard InChI is InChI=1S/C21H26N2O/c24-21-19-9-2-1-6-16-7-3-8-17(20(16)19)13-23(21)18-11-15-5-4-10-22(12-15)14-18/h1-2,9,13,15,18H,3-8,10-12,14H2. The predicted molar refractivity (Wildman–Crippen MR) is 97.3 cm³/mol. The summed E-state index contributed by atoms with van der Waals surface area (Å²) in [6, 6.07) is 0.365. The van der Waals surface area contributed by atoms with E-state index in [1.54, 1.807) is 0 Å². The van der Waals surface area contributed by atoms with Crippen LogP contribution >= 0.6 is 0 Å². The van der Waals surface area contributed by atoms with Crippen LogP contribution in [-0.4, -0.2) is 29.1 Å². The Morgan fingerprint density at radius 1 is 1.12 bits per heavy atom. The highest BCUT2D eigenvalue weighted by molar-refractivity contribution is 5.56. The van der Waals surface area contributed by atoms with Gasteiger partial charge in [0.05, 0.1) is 0 Å². The largest absolute Gasteiger partial charge is 0.310 e. The maximum absolute atomic E-state index is 13.3. The van der Waals surface area contributed by atoms with Crippen molar-refractivity contribution in [2.24, 2.45) is 5.92 Å². The molecule has 2 aliphatic heterocycles. The number of rotatable bonds is 1. The molecule has 3 heterocycles. The van der Waals surface area contributed by atoms with Crippen molar-refractivity contribution in [1.82, 2.24) is 9.47 Å². The summed E-state index contributed by atoms with van der Waals surface area (Å²) in [4.78, 5) is 15.9. The minimum atomic E-state index is 0.242. The van der Waals surface area contributed by atoms with Gasteiger partial charge in [0.1, 0.15) is 0 Å². The lowest BCUT2D eigenvalue weighted by atomic mass is 9.86. The van der Waals surface area contributed by atoms with Crippen molar-refractivity contribution >= 4 is 11.6 Å². The molecule has 3 unspecified atom stereocenters. The molecule has 24 heavy (non-hydrogen) atoms. The van der Waals surface area contributed by atoms with Crippen LogP contribution in [0.4, 0.5) is 0 Å². The molecule has 2 fully saturated rings. The molecule has 2 bridgehead atoms. The van der Waals surface area contributed by atoms with Gasteiger partial charge in [-0.05, 0) is 74.3 Å². The highest BCUT2D eigenvalue weighted by atomic mass is 16.1. The van der Waals surface area contributed by atoms with Crippen LogP contribution in [0, 0.1) is 5.92 Å². The van der Waals surface area contributed by atoms with E-state index in [0.29, 0.717) is 6.04 Å². The molecule has 0 saturated carbocycles. The molecule has 2 aliphatic carbocycles. The van der Waals surface area contributed by atoms with E-state index >= 15 is 0 Å². The molecular weight excluding hydrogens is 296 g/mol. The Morgan fingerprint density at radius 3 is 3.00 bits per heavy atom. The van der Waals surface area contributed by atoms with Gasteiger partial charge in [0.2, 0.25) is 0 Å². The zero-order chi connectivity index (χ0) is 16.1. The normalized spacial score (nSPS) is 31.2. The van der Waals surface area contributed by atoms with Gasteiger partial charge in [0.15, 0.2) is 0 Å². The summed E-state index contributed by atoms with van der Waals surface area (Å²) in [6.07, 6.45) is 17.0. The van der Waals surface area contributed by atoms with Gasteiger partial charge in [-0.1, -0.05) is 17.7 Å². The Kier molecular flexibility index (Phi) is 3.51. The fourth-order valence-corrected chi connectivity index (χ4v) is 5.41. The molecule has 0 aromatic carbocycles. The van der Waals surface area contributed by atoms with Gasteiger partial charge >= 0.3 is 0 Å². The molecule has 1 aromatic heterocycles. The summed E-state index contributed by atoms with van der Waals surface area (Å²) in [6.45, 7) is 3.52. The van der Waals surface area contributed by atoms with Crippen molar-refractivity contribution in [3.8, 4) is 0 Å². The van der Waals surface area contributed by atoms with E-state index < -0.39 is 0 Å². The molecule has 0 amide bonds. The second-order valence-corrected chi connectivity index (χ2v) is 8.07. The number of fused-ring (bicyclic) bond motifs is 2. The molecule has 3 heteroatoms. The van der Waals surface area contributed by atoms with Crippen LogP contribution in [0.2, 0.25) is 0 Å². The lowest BCUT2D eigenvalue weighted by Crippen LogP contribution is -2.52. The van der Waals surface area contributed by atoms with Gasteiger partial charge in [0, 0.05) is 30.5 Å². The maximum Gasteiger partial charge on any atom is 0.258 e.